The van der Waals surface area contributed by atoms with Crippen molar-refractivity contribution < 1.29 is 9.84 Å². The van der Waals surface area contributed by atoms with E-state index in [-0.39, 0.29) is 0 Å². The van der Waals surface area contributed by atoms with Gasteiger partial charge in [0, 0.05) is 6.61 Å². The molecule has 0 rings (SSSR count). The van der Waals surface area contributed by atoms with Crippen molar-refractivity contribution in [2.45, 2.75) is 26.4 Å². The summed E-state index contributed by atoms with van der Waals surface area (Å²) in [7, 11) is 0. The third-order valence-electron chi connectivity index (χ3n) is 1.15. The van der Waals surface area contributed by atoms with Gasteiger partial charge in [-0.15, -0.1) is 0 Å². The van der Waals surface area contributed by atoms with Crippen molar-refractivity contribution in [1.82, 2.24) is 0 Å². The largest absolute Gasteiger partial charge is 0.377 e. The van der Waals surface area contributed by atoms with Gasteiger partial charge >= 0.3 is 0 Å². The van der Waals surface area contributed by atoms with Gasteiger partial charge in [-0.05, 0) is 19.4 Å². The number of allylic oxidation sites excluding steroid dienone is 1. The molecule has 0 saturated carbocycles. The molecule has 0 aromatic heterocycles. The van der Waals surface area contributed by atoms with Crippen LogP contribution in [-0.4, -0.2) is 24.4 Å². The van der Waals surface area contributed by atoms with E-state index in [1.54, 1.807) is 12.2 Å². The minimum absolute atomic E-state index is 0.405. The van der Waals surface area contributed by atoms with Gasteiger partial charge in [0.05, 0.1) is 0 Å². The van der Waals surface area contributed by atoms with Crippen molar-refractivity contribution in [2.24, 2.45) is 0 Å². The third kappa shape index (κ3) is 7.33. The van der Waals surface area contributed by atoms with Crippen LogP contribution < -0.4 is 0 Å². The highest BCUT2D eigenvalue weighted by Gasteiger charge is 1.87. The average Bonchev–Trinajstić information content (AvgIpc) is 2.05. The van der Waals surface area contributed by atoms with Gasteiger partial charge in [-0.3, -0.25) is 0 Å². The Morgan fingerprint density at radius 2 is 2.33 bits per heavy atom. The van der Waals surface area contributed by atoms with Crippen molar-refractivity contribution >= 4 is 0 Å². The van der Waals surface area contributed by atoms with Gasteiger partial charge in [0.15, 0.2) is 0 Å². The van der Waals surface area contributed by atoms with Crippen LogP contribution in [0.3, 0.4) is 0 Å². The molecular formula is C10H16O2. The molecule has 1 N–H and O–H groups in total. The van der Waals surface area contributed by atoms with Crippen molar-refractivity contribution in [3.05, 3.63) is 12.2 Å². The summed E-state index contributed by atoms with van der Waals surface area (Å²) in [6.07, 6.45) is 3.75. The molecule has 0 aromatic rings. The summed E-state index contributed by atoms with van der Waals surface area (Å²) < 4.78 is 5.10. The first kappa shape index (κ1) is 11.2. The van der Waals surface area contributed by atoms with Gasteiger partial charge in [0.25, 0.3) is 0 Å². The molecule has 0 aliphatic heterocycles. The van der Waals surface area contributed by atoms with E-state index in [1.807, 2.05) is 13.8 Å². The Hall–Kier alpha value is -0.780. The molecule has 0 bridgehead atoms. The Morgan fingerprint density at radius 3 is 2.92 bits per heavy atom. The summed E-state index contributed by atoms with van der Waals surface area (Å²) in [6, 6.07) is 0. The van der Waals surface area contributed by atoms with E-state index in [4.69, 9.17) is 9.84 Å². The summed E-state index contributed by atoms with van der Waals surface area (Å²) >= 11 is 0. The van der Waals surface area contributed by atoms with Gasteiger partial charge in [-0.2, -0.15) is 0 Å². The number of aliphatic hydroxyl groups is 1. The van der Waals surface area contributed by atoms with Crippen molar-refractivity contribution in [3.8, 4) is 11.8 Å². The van der Waals surface area contributed by atoms with Gasteiger partial charge in [0.2, 0.25) is 0 Å². The fraction of sp³-hybridized carbons (Fsp3) is 0.600. The Balaban J connectivity index is 3.44. The Kier molecular flexibility index (Phi) is 7.78. The van der Waals surface area contributed by atoms with Gasteiger partial charge in [-0.25, -0.2) is 0 Å². The van der Waals surface area contributed by atoms with E-state index >= 15 is 0 Å². The zero-order valence-electron chi connectivity index (χ0n) is 7.71. The molecule has 0 radical (unpaired) electrons. The van der Waals surface area contributed by atoms with Gasteiger partial charge in [0.1, 0.15) is 12.7 Å². The Labute approximate surface area is 74.2 Å². The van der Waals surface area contributed by atoms with E-state index in [9.17, 15) is 0 Å². The molecule has 0 spiro atoms. The molecule has 0 fully saturated rings. The average molecular weight is 168 g/mol. The fourth-order valence-electron chi connectivity index (χ4n) is 0.644. The zero-order valence-corrected chi connectivity index (χ0v) is 7.71. The van der Waals surface area contributed by atoms with Crippen LogP contribution in [0.25, 0.3) is 0 Å². The van der Waals surface area contributed by atoms with Crippen LogP contribution in [0, 0.1) is 11.8 Å². The summed E-state index contributed by atoms with van der Waals surface area (Å²) in [5, 5.41) is 9.09. The molecule has 2 heteroatoms. The molecule has 1 atom stereocenters. The second-order valence-electron chi connectivity index (χ2n) is 2.34. The lowest BCUT2D eigenvalue weighted by Gasteiger charge is -1.94. The van der Waals surface area contributed by atoms with Crippen molar-refractivity contribution in [2.75, 3.05) is 13.2 Å². The lowest BCUT2D eigenvalue weighted by Crippen LogP contribution is -1.98. The first-order valence-corrected chi connectivity index (χ1v) is 4.18. The van der Waals surface area contributed by atoms with E-state index in [1.165, 1.54) is 0 Å². The first-order chi connectivity index (χ1) is 5.81. The number of rotatable bonds is 4. The summed E-state index contributed by atoms with van der Waals surface area (Å²) in [5.41, 5.74) is 0. The molecule has 0 aliphatic carbocycles. The van der Waals surface area contributed by atoms with Gasteiger partial charge in [-0.1, -0.05) is 24.8 Å². The number of ether oxygens (including phenoxy) is 1. The highest BCUT2D eigenvalue weighted by Crippen LogP contribution is 1.83. The summed E-state index contributed by atoms with van der Waals surface area (Å²) in [6.45, 7) is 5.03. The molecular weight excluding hydrogens is 152 g/mol. The molecule has 0 heterocycles. The number of aliphatic hydroxyl groups excluding tert-OH is 1. The maximum Gasteiger partial charge on any atom is 0.133 e. The van der Waals surface area contributed by atoms with E-state index in [2.05, 4.69) is 11.8 Å². The van der Waals surface area contributed by atoms with Crippen LogP contribution in [0.2, 0.25) is 0 Å². The zero-order chi connectivity index (χ0) is 9.23. The monoisotopic (exact) mass is 168 g/mol. The van der Waals surface area contributed by atoms with E-state index < -0.39 is 6.10 Å². The maximum absolute atomic E-state index is 9.09. The molecule has 12 heavy (non-hydrogen) atoms. The number of hydrogen-bond acceptors (Lipinski definition) is 2. The molecule has 0 saturated heterocycles. The molecule has 0 aliphatic rings. The SMILES string of the molecule is C/C=C/C(O)C#CCOCCC. The fourth-order valence-corrected chi connectivity index (χ4v) is 0.644. The smallest absolute Gasteiger partial charge is 0.133 e. The minimum atomic E-state index is -0.653. The van der Waals surface area contributed by atoms with E-state index in [0.29, 0.717) is 6.61 Å². The van der Waals surface area contributed by atoms with Crippen LogP contribution >= 0.6 is 0 Å². The van der Waals surface area contributed by atoms with Crippen LogP contribution in [0.4, 0.5) is 0 Å². The minimum Gasteiger partial charge on any atom is -0.377 e. The molecule has 68 valence electrons. The summed E-state index contributed by atoms with van der Waals surface area (Å²) in [4.78, 5) is 0. The lowest BCUT2D eigenvalue weighted by atomic mass is 10.3. The number of hydrogen-bond donors (Lipinski definition) is 1. The normalized spacial score (nSPS) is 12.6. The quantitative estimate of drug-likeness (QED) is 0.390. The topological polar surface area (TPSA) is 29.5 Å². The summed E-state index contributed by atoms with van der Waals surface area (Å²) in [5.74, 6) is 5.37. The highest BCUT2D eigenvalue weighted by molar-refractivity contribution is 5.11. The van der Waals surface area contributed by atoms with Crippen LogP contribution in [0.1, 0.15) is 20.3 Å². The van der Waals surface area contributed by atoms with Crippen LogP contribution in [-0.2, 0) is 4.74 Å². The lowest BCUT2D eigenvalue weighted by molar-refractivity contribution is 0.167. The van der Waals surface area contributed by atoms with Crippen molar-refractivity contribution in [3.63, 3.8) is 0 Å². The predicted molar refractivity (Wildman–Crippen MR) is 49.7 cm³/mol. The van der Waals surface area contributed by atoms with Crippen LogP contribution in [0.5, 0.6) is 0 Å². The maximum atomic E-state index is 9.09. The predicted octanol–water partition coefficient (Wildman–Crippen LogP) is 1.35. The third-order valence-corrected chi connectivity index (χ3v) is 1.15. The second-order valence-corrected chi connectivity index (χ2v) is 2.34. The molecule has 0 amide bonds. The molecule has 0 aromatic carbocycles. The Morgan fingerprint density at radius 1 is 1.58 bits per heavy atom. The van der Waals surface area contributed by atoms with Gasteiger partial charge < -0.3 is 9.84 Å². The first-order valence-electron chi connectivity index (χ1n) is 4.18. The highest BCUT2D eigenvalue weighted by atomic mass is 16.5. The van der Waals surface area contributed by atoms with Crippen LogP contribution in [0.15, 0.2) is 12.2 Å². The molecule has 2 nitrogen and oxygen atoms in total. The van der Waals surface area contributed by atoms with Crippen molar-refractivity contribution in [1.29, 1.82) is 0 Å². The Bertz CT molecular complexity index is 174. The second kappa shape index (κ2) is 8.32. The molecule has 1 unspecified atom stereocenters. The standard InChI is InChI=1S/C10H16O2/c1-3-6-10(11)7-5-9-12-8-4-2/h3,6,10-11H,4,8-9H2,1-2H3/b6-3+. The van der Waals surface area contributed by atoms with E-state index in [0.717, 1.165) is 13.0 Å².